The smallest absolute Gasteiger partial charge is 0.417 e. The first-order valence-electron chi connectivity index (χ1n) is 15.7. The fourth-order valence-corrected chi connectivity index (χ4v) is 9.59. The number of aryl methyl sites for hydroxylation is 1. The number of benzene rings is 1. The fourth-order valence-electron chi connectivity index (χ4n) is 7.75. The van der Waals surface area contributed by atoms with E-state index in [0.717, 1.165) is 19.4 Å². The van der Waals surface area contributed by atoms with Gasteiger partial charge in [0.05, 0.1) is 52.2 Å². The van der Waals surface area contributed by atoms with Crippen molar-refractivity contribution < 1.29 is 32.1 Å². The number of nitrogens with one attached hydrogen (secondary N) is 1. The summed E-state index contributed by atoms with van der Waals surface area (Å²) in [6, 6.07) is 3.31. The Balaban J connectivity index is 1.34. The number of fused-ring (bicyclic) bond motifs is 5. The zero-order valence-corrected chi connectivity index (χ0v) is 29.1. The molecule has 0 radical (unpaired) electrons. The van der Waals surface area contributed by atoms with E-state index in [9.17, 15) is 22.7 Å². The summed E-state index contributed by atoms with van der Waals surface area (Å²) < 4.78 is 71.8. The van der Waals surface area contributed by atoms with Crippen LogP contribution >= 0.6 is 33.9 Å². The highest BCUT2D eigenvalue weighted by atomic mass is 127. The number of hydrogen-bond donors (Lipinski definition) is 2. The second-order valence-electron chi connectivity index (χ2n) is 13.4. The lowest BCUT2D eigenvalue weighted by molar-refractivity contribution is -0.137. The van der Waals surface area contributed by atoms with Crippen LogP contribution in [0.5, 0.6) is 6.01 Å². The predicted molar refractivity (Wildman–Crippen MR) is 182 cm³/mol. The molecule has 3 atom stereocenters. The van der Waals surface area contributed by atoms with Crippen molar-refractivity contribution in [3.63, 3.8) is 0 Å². The summed E-state index contributed by atoms with van der Waals surface area (Å²) in [6.45, 7) is 5.59. The van der Waals surface area contributed by atoms with Crippen LogP contribution in [-0.2, 0) is 10.9 Å². The average Bonchev–Trinajstić information content (AvgIpc) is 3.73. The molecule has 1 aromatic carbocycles. The molecule has 2 N–H and O–H groups in total. The number of aromatic nitrogens is 5. The number of hydrogen-bond acceptors (Lipinski definition) is 10. The largest absolute Gasteiger partial charge is 0.461 e. The molecule has 16 heteroatoms. The van der Waals surface area contributed by atoms with Crippen molar-refractivity contribution in [3.8, 4) is 17.3 Å². The molecule has 0 bridgehead atoms. The number of halogens is 5. The second-order valence-corrected chi connectivity index (χ2v) is 15.4. The second kappa shape index (κ2) is 11.6. The van der Waals surface area contributed by atoms with Crippen LogP contribution in [0.15, 0.2) is 18.3 Å². The number of ether oxygens (including phenoxy) is 2. The highest BCUT2D eigenvalue weighted by molar-refractivity contribution is 14.1. The number of alkyl halides is 4. The minimum absolute atomic E-state index is 0.0488. The Kier molecular flexibility index (Phi) is 7.78. The number of nitrogens with zero attached hydrogens (tertiary/aromatic N) is 6. The van der Waals surface area contributed by atoms with E-state index in [4.69, 9.17) is 19.4 Å². The van der Waals surface area contributed by atoms with E-state index in [0.29, 0.717) is 66.8 Å². The van der Waals surface area contributed by atoms with Gasteiger partial charge >= 0.3 is 12.2 Å². The lowest BCUT2D eigenvalue weighted by atomic mass is 9.94. The van der Waals surface area contributed by atoms with Crippen molar-refractivity contribution in [1.82, 2.24) is 30.0 Å². The number of rotatable bonds is 5. The van der Waals surface area contributed by atoms with Crippen molar-refractivity contribution in [1.29, 1.82) is 0 Å². The normalized spacial score (nSPS) is 25.4. The SMILES string of the molecule is Cc1cc2[nH]nc(I)c2c(-c2nccc3c2sc2nc(OC[C@@]45CCCN4C[C@H](F)C5)nc(N4CCOC[C@@](C)(O)C4)c23)c1C(F)(F)F. The molecular weight excluding hydrogens is 765 g/mol. The van der Waals surface area contributed by atoms with E-state index >= 15 is 0 Å². The summed E-state index contributed by atoms with van der Waals surface area (Å²) in [7, 11) is 0. The molecule has 4 aromatic heterocycles. The monoisotopic (exact) mass is 797 g/mol. The number of anilines is 1. The molecule has 3 saturated heterocycles. The van der Waals surface area contributed by atoms with Crippen LogP contribution in [0.2, 0.25) is 0 Å². The van der Waals surface area contributed by atoms with Crippen LogP contribution in [-0.4, -0.2) is 98.5 Å². The molecular formula is C32H32F4IN7O3S. The van der Waals surface area contributed by atoms with E-state index in [1.807, 2.05) is 27.5 Å². The van der Waals surface area contributed by atoms with Crippen molar-refractivity contribution >= 4 is 71.0 Å². The number of aliphatic hydroxyl groups is 1. The van der Waals surface area contributed by atoms with Gasteiger partial charge in [-0.3, -0.25) is 15.0 Å². The highest BCUT2D eigenvalue weighted by Gasteiger charge is 2.49. The minimum atomic E-state index is -4.66. The molecule has 0 amide bonds. The number of aromatic amines is 1. The maximum atomic E-state index is 14.8. The van der Waals surface area contributed by atoms with Gasteiger partial charge in [0.15, 0.2) is 0 Å². The number of pyridine rings is 1. The van der Waals surface area contributed by atoms with E-state index < -0.39 is 29.1 Å². The first-order chi connectivity index (χ1) is 22.8. The molecule has 0 aliphatic carbocycles. The molecule has 254 valence electrons. The van der Waals surface area contributed by atoms with Gasteiger partial charge in [-0.15, -0.1) is 11.3 Å². The summed E-state index contributed by atoms with van der Waals surface area (Å²) in [6.07, 6.45) is -1.93. The standard InChI is InChI=1S/C32H32F4IN7O3S/c1-16-10-19-21(26(37)42-41-19)22(23(16)32(34,35)36)24-25-18(4-6-38-24)20-27(43-8-9-46-14-30(2,45)13-43)39-29(40-28(20)48-25)47-15-31-5-3-7-44(31)12-17(33)11-31/h4,6,10,17,45H,3,5,7-9,11-15H2,1-2H3,(H,41,42)/t17-,30+,31+/m1/s1. The molecule has 0 unspecified atom stereocenters. The van der Waals surface area contributed by atoms with Crippen LogP contribution < -0.4 is 9.64 Å². The van der Waals surface area contributed by atoms with Crippen LogP contribution in [0.3, 0.4) is 0 Å². The fraction of sp³-hybridized carbons (Fsp3) is 0.500. The lowest BCUT2D eigenvalue weighted by Gasteiger charge is -2.31. The Morgan fingerprint density at radius 2 is 2.08 bits per heavy atom. The van der Waals surface area contributed by atoms with Crippen LogP contribution in [0.4, 0.5) is 23.4 Å². The molecule has 10 nitrogen and oxygen atoms in total. The van der Waals surface area contributed by atoms with Crippen molar-refractivity contribution in [2.24, 2.45) is 0 Å². The zero-order valence-electron chi connectivity index (χ0n) is 26.1. The quantitative estimate of drug-likeness (QED) is 0.157. The first kappa shape index (κ1) is 32.3. The maximum absolute atomic E-state index is 14.8. The van der Waals surface area contributed by atoms with Gasteiger partial charge in [-0.2, -0.15) is 28.2 Å². The number of H-pyrrole nitrogens is 1. The van der Waals surface area contributed by atoms with E-state index in [2.05, 4.69) is 20.1 Å². The van der Waals surface area contributed by atoms with Gasteiger partial charge in [0, 0.05) is 42.0 Å². The van der Waals surface area contributed by atoms with Gasteiger partial charge in [0.2, 0.25) is 0 Å². The maximum Gasteiger partial charge on any atom is 0.417 e. The molecule has 3 fully saturated rings. The van der Waals surface area contributed by atoms with Gasteiger partial charge in [0.25, 0.3) is 0 Å². The third-order valence-electron chi connectivity index (χ3n) is 9.71. The van der Waals surface area contributed by atoms with Crippen LogP contribution in [0.1, 0.15) is 37.3 Å². The predicted octanol–water partition coefficient (Wildman–Crippen LogP) is 6.26. The van der Waals surface area contributed by atoms with Crippen molar-refractivity contribution in [2.45, 2.75) is 56.6 Å². The molecule has 0 spiro atoms. The third kappa shape index (κ3) is 5.38. The van der Waals surface area contributed by atoms with Gasteiger partial charge in [-0.05, 0) is 73.5 Å². The molecule has 8 rings (SSSR count). The van der Waals surface area contributed by atoms with E-state index in [-0.39, 0.29) is 42.6 Å². The van der Waals surface area contributed by atoms with E-state index in [1.165, 1.54) is 30.5 Å². The Morgan fingerprint density at radius 1 is 1.25 bits per heavy atom. The first-order valence-corrected chi connectivity index (χ1v) is 17.6. The van der Waals surface area contributed by atoms with Crippen LogP contribution in [0.25, 0.3) is 42.5 Å². The van der Waals surface area contributed by atoms with Gasteiger partial charge in [-0.1, -0.05) is 0 Å². The Labute approximate surface area is 290 Å². The van der Waals surface area contributed by atoms with Gasteiger partial charge < -0.3 is 19.5 Å². The third-order valence-corrected chi connectivity index (χ3v) is 11.6. The molecule has 5 aromatic rings. The average molecular weight is 798 g/mol. The Bertz CT molecular complexity index is 2070. The van der Waals surface area contributed by atoms with Gasteiger partial charge in [-0.25, -0.2) is 4.39 Å². The Morgan fingerprint density at radius 3 is 2.90 bits per heavy atom. The van der Waals surface area contributed by atoms with Crippen LogP contribution in [0, 0.1) is 10.6 Å². The summed E-state index contributed by atoms with van der Waals surface area (Å²) in [5.41, 5.74) is -1.75. The molecule has 3 aliphatic rings. The van der Waals surface area contributed by atoms with Crippen molar-refractivity contribution in [2.75, 3.05) is 50.9 Å². The summed E-state index contributed by atoms with van der Waals surface area (Å²) in [4.78, 5) is 18.8. The number of thiophene rings is 1. The summed E-state index contributed by atoms with van der Waals surface area (Å²) >= 11 is 3.15. The lowest BCUT2D eigenvalue weighted by Crippen LogP contribution is -2.43. The Hall–Kier alpha value is -2.93. The number of β-amino-alcohol motifs (C(OH)–C–C–N with tert-alkyl or cyclic N) is 1. The molecule has 3 aliphatic heterocycles. The molecule has 7 heterocycles. The summed E-state index contributed by atoms with van der Waals surface area (Å²) in [5, 5.41) is 19.8. The molecule has 48 heavy (non-hydrogen) atoms. The molecule has 0 saturated carbocycles. The zero-order chi connectivity index (χ0) is 33.6. The minimum Gasteiger partial charge on any atom is -0.461 e. The van der Waals surface area contributed by atoms with Crippen molar-refractivity contribution in [3.05, 3.63) is 33.2 Å². The highest BCUT2D eigenvalue weighted by Crippen LogP contribution is 2.49. The van der Waals surface area contributed by atoms with Gasteiger partial charge in [0.1, 0.15) is 32.7 Å². The van der Waals surface area contributed by atoms with E-state index in [1.54, 1.807) is 13.0 Å². The summed E-state index contributed by atoms with van der Waals surface area (Å²) in [5.74, 6) is 0.475. The topological polar surface area (TPSA) is 113 Å².